The van der Waals surface area contributed by atoms with Gasteiger partial charge in [-0.05, 0) is 43.4 Å². The zero-order valence-corrected chi connectivity index (χ0v) is 20.1. The van der Waals surface area contributed by atoms with Crippen LogP contribution in [0.25, 0.3) is 0 Å². The van der Waals surface area contributed by atoms with E-state index >= 15 is 0 Å². The first-order valence-electron chi connectivity index (χ1n) is 12.4. The minimum Gasteiger partial charge on any atom is -0.369 e. The van der Waals surface area contributed by atoms with Gasteiger partial charge >= 0.3 is 0 Å². The predicted octanol–water partition coefficient (Wildman–Crippen LogP) is 2.95. The summed E-state index contributed by atoms with van der Waals surface area (Å²) in [6.07, 6.45) is 9.06. The molecule has 0 fully saturated rings. The quantitative estimate of drug-likeness (QED) is 0.451. The maximum absolute atomic E-state index is 13.1. The summed E-state index contributed by atoms with van der Waals surface area (Å²) in [6, 6.07) is 5.39. The van der Waals surface area contributed by atoms with Crippen molar-refractivity contribution in [2.75, 3.05) is 30.3 Å². The molecule has 1 unspecified atom stereocenters. The fraction of sp³-hybridized carbons (Fsp3) is 0.520. The summed E-state index contributed by atoms with van der Waals surface area (Å²) in [5.41, 5.74) is 7.13. The van der Waals surface area contributed by atoms with Crippen molar-refractivity contribution in [1.82, 2.24) is 20.6 Å². The van der Waals surface area contributed by atoms with Gasteiger partial charge in [-0.15, -0.1) is 0 Å². The first-order valence-corrected chi connectivity index (χ1v) is 12.4. The third kappa shape index (κ3) is 9.12. The molecule has 0 saturated heterocycles. The number of aromatic nitrogens is 2. The van der Waals surface area contributed by atoms with Crippen LogP contribution in [-0.2, 0) is 11.3 Å². The molecule has 0 saturated carbocycles. The molecule has 190 valence electrons. The molecule has 35 heavy (non-hydrogen) atoms. The molecule has 1 aromatic heterocycles. The standard InChI is InChI=1S/C25H36FN7O2/c26-19-11-9-18(10-12-19)16-31-23(34)20-17-32-25-30-14-6-4-2-1-3-5-13-29-24(35)21(27)8-7-15-28-22(20)33-25/h9-12,17,21H,1-8,13-16,27H2,(H,29,35)(H,31,34)(H2,28,30,32,33). The fourth-order valence-electron chi connectivity index (χ4n) is 3.81. The van der Waals surface area contributed by atoms with E-state index in [1.54, 1.807) is 12.1 Å². The Morgan fingerprint density at radius 2 is 1.63 bits per heavy atom. The van der Waals surface area contributed by atoms with E-state index in [-0.39, 0.29) is 24.2 Å². The molecule has 1 aliphatic rings. The number of carbonyl (C=O) groups is 2. The van der Waals surface area contributed by atoms with E-state index in [1.165, 1.54) is 18.3 Å². The largest absolute Gasteiger partial charge is 0.369 e. The van der Waals surface area contributed by atoms with Gasteiger partial charge in [-0.3, -0.25) is 9.59 Å². The molecule has 9 nitrogen and oxygen atoms in total. The van der Waals surface area contributed by atoms with Gasteiger partial charge in [0.05, 0.1) is 6.04 Å². The molecule has 0 spiro atoms. The summed E-state index contributed by atoms with van der Waals surface area (Å²) in [5, 5.41) is 12.2. The first-order chi connectivity index (χ1) is 17.0. The lowest BCUT2D eigenvalue weighted by molar-refractivity contribution is -0.122. The lowest BCUT2D eigenvalue weighted by Crippen LogP contribution is -2.41. The molecule has 6 N–H and O–H groups in total. The molecule has 3 rings (SSSR count). The fourth-order valence-corrected chi connectivity index (χ4v) is 3.81. The minimum atomic E-state index is -0.569. The van der Waals surface area contributed by atoms with E-state index in [1.807, 2.05) is 0 Å². The highest BCUT2D eigenvalue weighted by atomic mass is 19.1. The molecule has 2 bridgehead atoms. The Labute approximate surface area is 205 Å². The molecular weight excluding hydrogens is 449 g/mol. The number of hydrogen-bond acceptors (Lipinski definition) is 7. The van der Waals surface area contributed by atoms with Gasteiger partial charge in [0.2, 0.25) is 11.9 Å². The van der Waals surface area contributed by atoms with Crippen LogP contribution in [-0.4, -0.2) is 47.5 Å². The second kappa shape index (κ2) is 14.2. The van der Waals surface area contributed by atoms with E-state index in [0.717, 1.165) is 50.6 Å². The van der Waals surface area contributed by atoms with Crippen LogP contribution < -0.4 is 27.0 Å². The van der Waals surface area contributed by atoms with E-state index < -0.39 is 6.04 Å². The van der Waals surface area contributed by atoms with Crippen LogP contribution in [0.15, 0.2) is 30.5 Å². The topological polar surface area (TPSA) is 134 Å². The number of halogens is 1. The van der Waals surface area contributed by atoms with Crippen LogP contribution in [0.5, 0.6) is 0 Å². The number of amides is 2. The van der Waals surface area contributed by atoms with E-state index in [4.69, 9.17) is 5.73 Å². The molecule has 0 radical (unpaired) electrons. The third-order valence-corrected chi connectivity index (χ3v) is 5.91. The van der Waals surface area contributed by atoms with Crippen molar-refractivity contribution in [2.45, 2.75) is 64.0 Å². The van der Waals surface area contributed by atoms with Crippen LogP contribution in [0.4, 0.5) is 16.2 Å². The van der Waals surface area contributed by atoms with Crippen LogP contribution in [0.3, 0.4) is 0 Å². The molecule has 2 aromatic rings. The number of anilines is 2. The summed E-state index contributed by atoms with van der Waals surface area (Å²) in [6.45, 7) is 2.16. The van der Waals surface area contributed by atoms with Crippen molar-refractivity contribution in [2.24, 2.45) is 5.73 Å². The Balaban J connectivity index is 1.65. The highest BCUT2D eigenvalue weighted by Crippen LogP contribution is 2.16. The van der Waals surface area contributed by atoms with Gasteiger partial charge in [-0.1, -0.05) is 37.8 Å². The van der Waals surface area contributed by atoms with Crippen LogP contribution in [0.2, 0.25) is 0 Å². The van der Waals surface area contributed by atoms with Crippen molar-refractivity contribution in [1.29, 1.82) is 0 Å². The van der Waals surface area contributed by atoms with Crippen LogP contribution in [0, 0.1) is 5.82 Å². The molecule has 2 heterocycles. The summed E-state index contributed by atoms with van der Waals surface area (Å²) in [5.74, 6) is 0.0785. The average Bonchev–Trinajstić information content (AvgIpc) is 2.86. The summed E-state index contributed by atoms with van der Waals surface area (Å²) in [4.78, 5) is 33.9. The van der Waals surface area contributed by atoms with Crippen molar-refractivity contribution in [3.63, 3.8) is 0 Å². The Morgan fingerprint density at radius 3 is 2.37 bits per heavy atom. The average molecular weight is 486 g/mol. The second-order valence-electron chi connectivity index (χ2n) is 8.78. The third-order valence-electron chi connectivity index (χ3n) is 5.91. The summed E-state index contributed by atoms with van der Waals surface area (Å²) >= 11 is 0. The zero-order valence-electron chi connectivity index (χ0n) is 20.1. The van der Waals surface area contributed by atoms with Crippen molar-refractivity contribution < 1.29 is 14.0 Å². The molecular formula is C25H36FN7O2. The maximum Gasteiger partial charge on any atom is 0.256 e. The normalized spacial score (nSPS) is 18.6. The Morgan fingerprint density at radius 1 is 0.971 bits per heavy atom. The predicted molar refractivity (Wildman–Crippen MR) is 135 cm³/mol. The lowest BCUT2D eigenvalue weighted by Gasteiger charge is -2.15. The second-order valence-corrected chi connectivity index (χ2v) is 8.78. The number of nitrogens with one attached hydrogen (secondary N) is 4. The molecule has 10 heteroatoms. The number of carbonyl (C=O) groups excluding carboxylic acids is 2. The van der Waals surface area contributed by atoms with E-state index in [0.29, 0.717) is 43.3 Å². The van der Waals surface area contributed by atoms with E-state index in [9.17, 15) is 14.0 Å². The van der Waals surface area contributed by atoms with Gasteiger partial charge in [0.25, 0.3) is 5.91 Å². The van der Waals surface area contributed by atoms with Crippen molar-refractivity contribution in [3.05, 3.63) is 47.4 Å². The first kappa shape index (κ1) is 26.3. The van der Waals surface area contributed by atoms with Gasteiger partial charge in [0.1, 0.15) is 17.2 Å². The summed E-state index contributed by atoms with van der Waals surface area (Å²) < 4.78 is 13.1. The number of nitrogens with zero attached hydrogens (tertiary/aromatic N) is 2. The SMILES string of the molecule is NC1CCCNc2nc(ncc2C(=O)NCc2ccc(F)cc2)NCCCCCCCCNC1=O. The van der Waals surface area contributed by atoms with Gasteiger partial charge in [-0.2, -0.15) is 4.98 Å². The highest BCUT2D eigenvalue weighted by Gasteiger charge is 2.16. The Hall–Kier alpha value is -3.27. The number of benzene rings is 1. The Bertz CT molecular complexity index is 955. The Kier molecular flexibility index (Phi) is 10.7. The number of rotatable bonds is 3. The van der Waals surface area contributed by atoms with Crippen LogP contribution in [0.1, 0.15) is 67.3 Å². The van der Waals surface area contributed by atoms with Gasteiger partial charge in [0, 0.05) is 32.4 Å². The van der Waals surface area contributed by atoms with Gasteiger partial charge < -0.3 is 27.0 Å². The molecule has 1 aliphatic heterocycles. The highest BCUT2D eigenvalue weighted by molar-refractivity contribution is 5.98. The molecule has 1 aromatic carbocycles. The minimum absolute atomic E-state index is 0.128. The lowest BCUT2D eigenvalue weighted by atomic mass is 10.1. The van der Waals surface area contributed by atoms with Gasteiger partial charge in [-0.25, -0.2) is 9.37 Å². The van der Waals surface area contributed by atoms with Crippen LogP contribution >= 0.6 is 0 Å². The van der Waals surface area contributed by atoms with Crippen molar-refractivity contribution in [3.8, 4) is 0 Å². The maximum atomic E-state index is 13.1. The number of nitrogens with two attached hydrogens (primary N) is 1. The zero-order chi connectivity index (χ0) is 24.9. The molecule has 1 atom stereocenters. The molecule has 0 aliphatic carbocycles. The number of fused-ring (bicyclic) bond motifs is 2. The molecule has 2 amide bonds. The van der Waals surface area contributed by atoms with Gasteiger partial charge in [0.15, 0.2) is 0 Å². The van der Waals surface area contributed by atoms with E-state index in [2.05, 4.69) is 31.2 Å². The monoisotopic (exact) mass is 485 g/mol. The number of hydrogen-bond donors (Lipinski definition) is 5. The smallest absolute Gasteiger partial charge is 0.256 e. The van der Waals surface area contributed by atoms with Crippen molar-refractivity contribution >= 4 is 23.6 Å². The summed E-state index contributed by atoms with van der Waals surface area (Å²) in [7, 11) is 0.